The fourth-order valence-electron chi connectivity index (χ4n) is 3.62. The number of benzene rings is 1. The molecule has 1 fully saturated rings. The number of hydrogen-bond acceptors (Lipinski definition) is 5. The molecule has 7 heteroatoms. The molecule has 1 aliphatic heterocycles. The molecular weight excluding hydrogens is 384 g/mol. The van der Waals surface area contributed by atoms with Crippen LogP contribution in [0.3, 0.4) is 0 Å². The summed E-state index contributed by atoms with van der Waals surface area (Å²) in [6, 6.07) is 14.0. The molecule has 1 N–H and O–H groups in total. The van der Waals surface area contributed by atoms with Crippen LogP contribution < -0.4 is 0 Å². The van der Waals surface area contributed by atoms with Crippen molar-refractivity contribution in [2.24, 2.45) is 5.92 Å². The van der Waals surface area contributed by atoms with E-state index in [9.17, 15) is 9.90 Å². The van der Waals surface area contributed by atoms with Crippen LogP contribution in [-0.2, 0) is 6.54 Å². The number of likely N-dealkylation sites (tertiary alicyclic amines) is 1. The van der Waals surface area contributed by atoms with Gasteiger partial charge in [-0.1, -0.05) is 53.8 Å². The first-order chi connectivity index (χ1) is 14.2. The Hall–Kier alpha value is -2.77. The second-order valence-electron chi connectivity index (χ2n) is 7.23. The molecular formula is C22H24N4O2S. The summed E-state index contributed by atoms with van der Waals surface area (Å²) in [6.45, 7) is 1.82. The summed E-state index contributed by atoms with van der Waals surface area (Å²) in [7, 11) is 0. The Morgan fingerprint density at radius 3 is 2.72 bits per heavy atom. The second-order valence-corrected chi connectivity index (χ2v) is 8.21. The molecule has 150 valence electrons. The molecule has 6 nitrogen and oxygen atoms in total. The van der Waals surface area contributed by atoms with Crippen LogP contribution in [0.1, 0.15) is 39.9 Å². The largest absolute Gasteiger partial charge is 0.387 e. The lowest BCUT2D eigenvalue weighted by atomic mass is 9.90. The number of aliphatic hydroxyl groups is 1. The Balaban J connectivity index is 1.30. The Kier molecular flexibility index (Phi) is 6.17. The van der Waals surface area contributed by atoms with Gasteiger partial charge in [0.25, 0.3) is 5.91 Å². The van der Waals surface area contributed by atoms with Gasteiger partial charge in [0.2, 0.25) is 0 Å². The number of carbonyl (C=O) groups excluding carboxylic acids is 1. The first-order valence-corrected chi connectivity index (χ1v) is 10.7. The van der Waals surface area contributed by atoms with Crippen molar-refractivity contribution >= 4 is 23.3 Å². The van der Waals surface area contributed by atoms with Gasteiger partial charge in [-0.05, 0) is 35.8 Å². The fraction of sp³-hybridized carbons (Fsp3) is 0.318. The number of rotatable bonds is 6. The topological polar surface area (TPSA) is 71.2 Å². The summed E-state index contributed by atoms with van der Waals surface area (Å²) in [5.74, 6) is 0.101. The van der Waals surface area contributed by atoms with E-state index in [-0.39, 0.29) is 11.8 Å². The number of aliphatic hydroxyl groups excluding tert-OH is 1. The lowest BCUT2D eigenvalue weighted by Gasteiger charge is -2.33. The Bertz CT molecular complexity index is 944. The number of aromatic nitrogens is 3. The molecule has 1 atom stereocenters. The molecule has 0 saturated carbocycles. The van der Waals surface area contributed by atoms with Crippen LogP contribution in [0.5, 0.6) is 0 Å². The lowest BCUT2D eigenvalue weighted by molar-refractivity contribution is 0.0470. The van der Waals surface area contributed by atoms with Crippen molar-refractivity contribution in [2.45, 2.75) is 25.5 Å². The number of amides is 1. The number of thiophene rings is 1. The van der Waals surface area contributed by atoms with Crippen molar-refractivity contribution in [1.82, 2.24) is 19.9 Å². The zero-order chi connectivity index (χ0) is 20.1. The highest BCUT2D eigenvalue weighted by Gasteiger charge is 2.30. The summed E-state index contributed by atoms with van der Waals surface area (Å²) in [5, 5.41) is 20.6. The van der Waals surface area contributed by atoms with Crippen LogP contribution in [0.2, 0.25) is 0 Å². The predicted octanol–water partition coefficient (Wildman–Crippen LogP) is 3.64. The third-order valence-electron chi connectivity index (χ3n) is 5.27. The molecule has 2 aromatic heterocycles. The van der Waals surface area contributed by atoms with Crippen LogP contribution in [-0.4, -0.2) is 44.0 Å². The highest BCUT2D eigenvalue weighted by molar-refractivity contribution is 7.10. The molecule has 1 amide bonds. The molecule has 3 heterocycles. The smallest absolute Gasteiger partial charge is 0.276 e. The molecule has 29 heavy (non-hydrogen) atoms. The molecule has 1 aliphatic rings. The molecule has 0 unspecified atom stereocenters. The molecule has 0 bridgehead atoms. The van der Waals surface area contributed by atoms with Gasteiger partial charge < -0.3 is 10.0 Å². The summed E-state index contributed by atoms with van der Waals surface area (Å²) in [6.07, 6.45) is 6.86. The standard InChI is InChI=1S/C22H24N4O2S/c27-21(20-9-5-15-29-20)18-10-13-25(14-11-18)22(28)19-16-26(24-23-19)12-4-8-17-6-2-1-3-7-17/h1-9,15-16,18,21,27H,10-14H2/b8-4+/t21-/m0/s1. The van der Waals surface area contributed by atoms with Gasteiger partial charge in [0, 0.05) is 18.0 Å². The quantitative estimate of drug-likeness (QED) is 0.676. The van der Waals surface area contributed by atoms with E-state index < -0.39 is 6.10 Å². The van der Waals surface area contributed by atoms with E-state index >= 15 is 0 Å². The molecule has 3 aromatic rings. The molecule has 4 rings (SSSR count). The van der Waals surface area contributed by atoms with Crippen LogP contribution in [0.15, 0.2) is 60.1 Å². The summed E-state index contributed by atoms with van der Waals surface area (Å²) in [4.78, 5) is 15.6. The maximum atomic E-state index is 12.7. The summed E-state index contributed by atoms with van der Waals surface area (Å²) < 4.78 is 1.67. The average molecular weight is 409 g/mol. The van der Waals surface area contributed by atoms with Crippen molar-refractivity contribution in [3.63, 3.8) is 0 Å². The number of carbonyl (C=O) groups is 1. The van der Waals surface area contributed by atoms with Gasteiger partial charge in [0.15, 0.2) is 5.69 Å². The third-order valence-corrected chi connectivity index (χ3v) is 6.21. The number of piperidine rings is 1. The molecule has 0 aliphatic carbocycles. The highest BCUT2D eigenvalue weighted by atomic mass is 32.1. The molecule has 1 aromatic carbocycles. The van der Waals surface area contributed by atoms with Crippen molar-refractivity contribution in [2.75, 3.05) is 13.1 Å². The lowest BCUT2D eigenvalue weighted by Crippen LogP contribution is -2.39. The van der Waals surface area contributed by atoms with Gasteiger partial charge in [-0.3, -0.25) is 4.79 Å². The minimum absolute atomic E-state index is 0.0904. The van der Waals surface area contributed by atoms with Gasteiger partial charge in [-0.15, -0.1) is 16.4 Å². The first kappa shape index (κ1) is 19.5. The minimum atomic E-state index is -0.440. The van der Waals surface area contributed by atoms with Crippen molar-refractivity contribution in [1.29, 1.82) is 0 Å². The Morgan fingerprint density at radius 1 is 1.21 bits per heavy atom. The van der Waals surface area contributed by atoms with Gasteiger partial charge in [0.1, 0.15) is 0 Å². The Morgan fingerprint density at radius 2 is 2.00 bits per heavy atom. The first-order valence-electron chi connectivity index (χ1n) is 9.83. The predicted molar refractivity (Wildman–Crippen MR) is 113 cm³/mol. The number of nitrogens with zero attached hydrogens (tertiary/aromatic N) is 4. The van der Waals surface area contributed by atoms with E-state index in [1.807, 2.05) is 64.9 Å². The maximum absolute atomic E-state index is 12.7. The van der Waals surface area contributed by atoms with Gasteiger partial charge >= 0.3 is 0 Å². The SMILES string of the molecule is O=C(c1cn(C/C=C/c2ccccc2)nn1)N1CCC([C@H](O)c2cccs2)CC1. The molecule has 0 spiro atoms. The summed E-state index contributed by atoms with van der Waals surface area (Å²) in [5.41, 5.74) is 1.49. The zero-order valence-corrected chi connectivity index (χ0v) is 16.9. The number of allylic oxidation sites excluding steroid dienone is 1. The molecule has 1 saturated heterocycles. The van der Waals surface area contributed by atoms with Crippen LogP contribution >= 0.6 is 11.3 Å². The van der Waals surface area contributed by atoms with Crippen molar-refractivity contribution < 1.29 is 9.90 Å². The number of hydrogen-bond donors (Lipinski definition) is 1. The second kappa shape index (κ2) is 9.15. The van der Waals surface area contributed by atoms with E-state index in [1.54, 1.807) is 22.2 Å². The van der Waals surface area contributed by atoms with E-state index in [2.05, 4.69) is 10.3 Å². The fourth-order valence-corrected chi connectivity index (χ4v) is 4.42. The zero-order valence-electron chi connectivity index (χ0n) is 16.1. The van der Waals surface area contributed by atoms with Gasteiger partial charge in [-0.25, -0.2) is 4.68 Å². The van der Waals surface area contributed by atoms with E-state index in [0.717, 1.165) is 23.3 Å². The minimum Gasteiger partial charge on any atom is -0.387 e. The van der Waals surface area contributed by atoms with Crippen LogP contribution in [0.25, 0.3) is 6.08 Å². The van der Waals surface area contributed by atoms with Crippen LogP contribution in [0.4, 0.5) is 0 Å². The van der Waals surface area contributed by atoms with Crippen molar-refractivity contribution in [3.05, 3.63) is 76.3 Å². The van der Waals surface area contributed by atoms with Gasteiger partial charge in [0.05, 0.1) is 18.8 Å². The van der Waals surface area contributed by atoms with E-state index in [4.69, 9.17) is 0 Å². The monoisotopic (exact) mass is 408 g/mol. The average Bonchev–Trinajstić information content (AvgIpc) is 3.46. The van der Waals surface area contributed by atoms with Crippen LogP contribution in [0, 0.1) is 5.92 Å². The summed E-state index contributed by atoms with van der Waals surface area (Å²) >= 11 is 1.58. The molecule has 0 radical (unpaired) electrons. The Labute approximate surface area is 174 Å². The maximum Gasteiger partial charge on any atom is 0.276 e. The highest BCUT2D eigenvalue weighted by Crippen LogP contribution is 2.33. The van der Waals surface area contributed by atoms with E-state index in [0.29, 0.717) is 25.3 Å². The normalized spacial score (nSPS) is 16.4. The van der Waals surface area contributed by atoms with Crippen molar-refractivity contribution in [3.8, 4) is 0 Å². The van der Waals surface area contributed by atoms with E-state index in [1.165, 1.54) is 0 Å². The van der Waals surface area contributed by atoms with Gasteiger partial charge in [-0.2, -0.15) is 0 Å². The third kappa shape index (κ3) is 4.81.